The Labute approximate surface area is 144 Å². The quantitative estimate of drug-likeness (QED) is 0.806. The predicted molar refractivity (Wildman–Crippen MR) is 90.9 cm³/mol. The van der Waals surface area contributed by atoms with Gasteiger partial charge in [0.15, 0.2) is 5.75 Å². The lowest BCUT2D eigenvalue weighted by molar-refractivity contribution is -0.116. The van der Waals surface area contributed by atoms with Crippen LogP contribution in [0.15, 0.2) is 41.3 Å². The summed E-state index contributed by atoms with van der Waals surface area (Å²) >= 11 is 0. The van der Waals surface area contributed by atoms with Crippen molar-refractivity contribution in [3.05, 3.63) is 53.1 Å². The molecule has 7 nitrogen and oxygen atoms in total. The van der Waals surface area contributed by atoms with Crippen molar-refractivity contribution in [3.8, 4) is 5.75 Å². The van der Waals surface area contributed by atoms with Crippen LogP contribution >= 0.6 is 0 Å². The number of aryl methyl sites for hydroxylation is 2. The number of primary amides is 1. The van der Waals surface area contributed by atoms with Gasteiger partial charge >= 0.3 is 10.1 Å². The zero-order valence-electron chi connectivity index (χ0n) is 13.4. The van der Waals surface area contributed by atoms with Crippen LogP contribution < -0.4 is 15.2 Å². The first kappa shape index (κ1) is 17.0. The Bertz CT molecular complexity index is 983. The van der Waals surface area contributed by atoms with Gasteiger partial charge in [0.05, 0.1) is 5.56 Å². The molecule has 0 fully saturated rings. The van der Waals surface area contributed by atoms with Crippen LogP contribution in [0.5, 0.6) is 5.75 Å². The molecule has 0 radical (unpaired) electrons. The van der Waals surface area contributed by atoms with E-state index in [0.29, 0.717) is 24.1 Å². The Kier molecular flexibility index (Phi) is 4.22. The first-order valence-corrected chi connectivity index (χ1v) is 8.95. The molecule has 3 N–H and O–H groups in total. The topological polar surface area (TPSA) is 116 Å². The van der Waals surface area contributed by atoms with Crippen LogP contribution in [0.1, 0.15) is 27.9 Å². The molecule has 1 aliphatic heterocycles. The van der Waals surface area contributed by atoms with Crippen LogP contribution in [0.25, 0.3) is 0 Å². The lowest BCUT2D eigenvalue weighted by Crippen LogP contribution is -2.20. The number of amides is 2. The minimum atomic E-state index is -4.15. The summed E-state index contributed by atoms with van der Waals surface area (Å²) in [6, 6.07) is 8.83. The monoisotopic (exact) mass is 360 g/mol. The Hall–Kier alpha value is -2.87. The molecule has 0 atom stereocenters. The summed E-state index contributed by atoms with van der Waals surface area (Å²) in [6.07, 6.45) is 0.739. The molecule has 0 saturated carbocycles. The van der Waals surface area contributed by atoms with Crippen LogP contribution in [-0.4, -0.2) is 20.2 Å². The number of hydrogen-bond acceptors (Lipinski definition) is 5. The second-order valence-electron chi connectivity index (χ2n) is 5.77. The SMILES string of the molecule is Cc1ccc(C(N)=O)c(OS(=O)(=O)c2ccc3c(c2)CCC(=O)N3)c1. The van der Waals surface area contributed by atoms with Gasteiger partial charge in [-0.05, 0) is 54.8 Å². The molecule has 2 aromatic carbocycles. The summed E-state index contributed by atoms with van der Waals surface area (Å²) in [6.45, 7) is 1.74. The van der Waals surface area contributed by atoms with E-state index in [-0.39, 0.29) is 22.1 Å². The molecule has 3 rings (SSSR count). The summed E-state index contributed by atoms with van der Waals surface area (Å²) in [5.41, 5.74) is 7.28. The van der Waals surface area contributed by atoms with Crippen LogP contribution in [0.2, 0.25) is 0 Å². The fourth-order valence-corrected chi connectivity index (χ4v) is 3.58. The van der Waals surface area contributed by atoms with E-state index in [2.05, 4.69) is 5.32 Å². The van der Waals surface area contributed by atoms with Crippen molar-refractivity contribution in [2.75, 3.05) is 5.32 Å². The van der Waals surface area contributed by atoms with E-state index in [1.54, 1.807) is 13.0 Å². The third-order valence-electron chi connectivity index (χ3n) is 3.86. The molecule has 8 heteroatoms. The molecule has 130 valence electrons. The minimum absolute atomic E-state index is 0.0144. The van der Waals surface area contributed by atoms with Crippen LogP contribution in [0, 0.1) is 6.92 Å². The van der Waals surface area contributed by atoms with Crippen molar-refractivity contribution in [1.29, 1.82) is 0 Å². The number of fused-ring (bicyclic) bond motifs is 1. The maximum Gasteiger partial charge on any atom is 0.339 e. The minimum Gasteiger partial charge on any atom is -0.378 e. The molecule has 25 heavy (non-hydrogen) atoms. The molecule has 0 unspecified atom stereocenters. The fraction of sp³-hybridized carbons (Fsp3) is 0.176. The van der Waals surface area contributed by atoms with Crippen molar-refractivity contribution in [2.24, 2.45) is 5.73 Å². The maximum atomic E-state index is 12.6. The fourth-order valence-electron chi connectivity index (χ4n) is 2.58. The first-order chi connectivity index (χ1) is 11.8. The van der Waals surface area contributed by atoms with E-state index in [1.807, 2.05) is 0 Å². The third kappa shape index (κ3) is 3.48. The van der Waals surface area contributed by atoms with E-state index < -0.39 is 16.0 Å². The van der Waals surface area contributed by atoms with Crippen molar-refractivity contribution in [1.82, 2.24) is 0 Å². The lowest BCUT2D eigenvalue weighted by Gasteiger charge is -2.18. The highest BCUT2D eigenvalue weighted by Gasteiger charge is 2.23. The van der Waals surface area contributed by atoms with Gasteiger partial charge in [-0.15, -0.1) is 0 Å². The molecule has 2 aromatic rings. The van der Waals surface area contributed by atoms with Crippen molar-refractivity contribution < 1.29 is 22.2 Å². The van der Waals surface area contributed by atoms with E-state index in [4.69, 9.17) is 9.92 Å². The zero-order chi connectivity index (χ0) is 18.2. The number of hydrogen-bond donors (Lipinski definition) is 2. The number of anilines is 1. The van der Waals surface area contributed by atoms with E-state index in [1.165, 1.54) is 30.3 Å². The zero-order valence-corrected chi connectivity index (χ0v) is 14.2. The third-order valence-corrected chi connectivity index (χ3v) is 5.09. The van der Waals surface area contributed by atoms with E-state index >= 15 is 0 Å². The predicted octanol–water partition coefficient (Wildman–Crippen LogP) is 1.75. The normalized spacial score (nSPS) is 13.7. The number of carbonyl (C=O) groups excluding carboxylic acids is 2. The van der Waals surface area contributed by atoms with Gasteiger partial charge in [-0.3, -0.25) is 9.59 Å². The maximum absolute atomic E-state index is 12.6. The second-order valence-corrected chi connectivity index (χ2v) is 7.31. The highest BCUT2D eigenvalue weighted by atomic mass is 32.2. The Morgan fingerprint density at radius 3 is 2.64 bits per heavy atom. The summed E-state index contributed by atoms with van der Waals surface area (Å²) in [4.78, 5) is 22.8. The van der Waals surface area contributed by atoms with Gasteiger partial charge in [-0.1, -0.05) is 6.07 Å². The van der Waals surface area contributed by atoms with Gasteiger partial charge < -0.3 is 15.2 Å². The highest BCUT2D eigenvalue weighted by Crippen LogP contribution is 2.28. The molecule has 0 bridgehead atoms. The molecule has 0 saturated heterocycles. The molecular weight excluding hydrogens is 344 g/mol. The van der Waals surface area contributed by atoms with Gasteiger partial charge in [0, 0.05) is 12.1 Å². The first-order valence-electron chi connectivity index (χ1n) is 7.54. The van der Waals surface area contributed by atoms with Gasteiger partial charge in [0.25, 0.3) is 5.91 Å². The van der Waals surface area contributed by atoms with Crippen LogP contribution in [0.4, 0.5) is 5.69 Å². The molecular formula is C17H16N2O5S. The largest absolute Gasteiger partial charge is 0.378 e. The second kappa shape index (κ2) is 6.21. The van der Waals surface area contributed by atoms with Gasteiger partial charge in [0.2, 0.25) is 5.91 Å². The molecule has 2 amide bonds. The number of rotatable bonds is 4. The van der Waals surface area contributed by atoms with Crippen molar-refractivity contribution in [3.63, 3.8) is 0 Å². The average Bonchev–Trinajstić information content (AvgIpc) is 2.53. The molecule has 0 aromatic heterocycles. The molecule has 0 aliphatic carbocycles. The van der Waals surface area contributed by atoms with Crippen LogP contribution in [-0.2, 0) is 21.3 Å². The molecule has 1 heterocycles. The Balaban J connectivity index is 1.97. The van der Waals surface area contributed by atoms with Gasteiger partial charge in [0.1, 0.15) is 4.90 Å². The van der Waals surface area contributed by atoms with Crippen molar-refractivity contribution >= 4 is 27.6 Å². The standard InChI is InChI=1S/C17H16N2O5S/c1-10-2-5-13(17(18)21)15(8-10)24-25(22,23)12-4-6-14-11(9-12)3-7-16(20)19-14/h2,4-6,8-9H,3,7H2,1H3,(H2,18,21)(H,19,20). The Morgan fingerprint density at radius 2 is 1.92 bits per heavy atom. The van der Waals surface area contributed by atoms with Gasteiger partial charge in [-0.25, -0.2) is 0 Å². The van der Waals surface area contributed by atoms with E-state index in [9.17, 15) is 18.0 Å². The lowest BCUT2D eigenvalue weighted by atomic mass is 10.0. The van der Waals surface area contributed by atoms with E-state index in [0.717, 1.165) is 5.56 Å². The number of nitrogens with one attached hydrogen (secondary N) is 1. The summed E-state index contributed by atoms with van der Waals surface area (Å²) in [5, 5.41) is 2.68. The number of nitrogens with two attached hydrogens (primary N) is 1. The van der Waals surface area contributed by atoms with Crippen LogP contribution in [0.3, 0.4) is 0 Å². The van der Waals surface area contributed by atoms with Crippen molar-refractivity contribution in [2.45, 2.75) is 24.7 Å². The Morgan fingerprint density at radius 1 is 1.16 bits per heavy atom. The summed E-state index contributed by atoms with van der Waals surface area (Å²) in [7, 11) is -4.15. The van der Waals surface area contributed by atoms with Gasteiger partial charge in [-0.2, -0.15) is 8.42 Å². The average molecular weight is 360 g/mol. The highest BCUT2D eigenvalue weighted by molar-refractivity contribution is 7.87. The summed E-state index contributed by atoms with van der Waals surface area (Å²) in [5.74, 6) is -0.998. The number of carbonyl (C=O) groups is 2. The molecule has 1 aliphatic rings. The molecule has 0 spiro atoms. The number of benzene rings is 2. The summed E-state index contributed by atoms with van der Waals surface area (Å²) < 4.78 is 30.3. The smallest absolute Gasteiger partial charge is 0.339 e.